The van der Waals surface area contributed by atoms with Crippen molar-refractivity contribution in [2.75, 3.05) is 23.7 Å². The summed E-state index contributed by atoms with van der Waals surface area (Å²) in [5.74, 6) is 1.97. The summed E-state index contributed by atoms with van der Waals surface area (Å²) in [4.78, 5) is 10.4. The summed E-state index contributed by atoms with van der Waals surface area (Å²) in [6.07, 6.45) is 1.61. The smallest absolute Gasteiger partial charge is 0.134 e. The number of nitrogens with two attached hydrogens (primary N) is 1. The van der Waals surface area contributed by atoms with Gasteiger partial charge in [0.25, 0.3) is 0 Å². The zero-order valence-corrected chi connectivity index (χ0v) is 8.85. The minimum atomic E-state index is -0.254. The van der Waals surface area contributed by atoms with Crippen molar-refractivity contribution in [2.24, 2.45) is 0 Å². The molecule has 5 heteroatoms. The third-order valence-corrected chi connectivity index (χ3v) is 2.56. The molecule has 15 heavy (non-hydrogen) atoms. The molecule has 0 amide bonds. The first-order valence-electron chi connectivity index (χ1n) is 5.19. The van der Waals surface area contributed by atoms with E-state index >= 15 is 0 Å². The van der Waals surface area contributed by atoms with Crippen LogP contribution in [0, 0.1) is 6.92 Å². The van der Waals surface area contributed by atoms with Gasteiger partial charge in [0.2, 0.25) is 0 Å². The van der Waals surface area contributed by atoms with E-state index in [1.807, 2.05) is 6.92 Å². The maximum absolute atomic E-state index is 9.56. The Morgan fingerprint density at radius 1 is 1.53 bits per heavy atom. The van der Waals surface area contributed by atoms with Crippen LogP contribution in [0.2, 0.25) is 0 Å². The lowest BCUT2D eigenvalue weighted by Gasteiger charge is -2.31. The van der Waals surface area contributed by atoms with Crippen LogP contribution >= 0.6 is 0 Å². The van der Waals surface area contributed by atoms with Gasteiger partial charge in [0.05, 0.1) is 6.10 Å². The van der Waals surface area contributed by atoms with Crippen LogP contribution in [0.25, 0.3) is 0 Å². The van der Waals surface area contributed by atoms with Crippen LogP contribution in [-0.2, 0) is 0 Å². The van der Waals surface area contributed by atoms with Crippen molar-refractivity contribution in [1.82, 2.24) is 9.97 Å². The molecule has 2 rings (SSSR count). The summed E-state index contributed by atoms with van der Waals surface area (Å²) < 4.78 is 0. The second kappa shape index (κ2) is 4.02. The molecule has 5 nitrogen and oxygen atoms in total. The molecule has 1 fully saturated rings. The highest BCUT2D eigenvalue weighted by molar-refractivity contribution is 5.47. The Balaban J connectivity index is 2.20. The predicted molar refractivity (Wildman–Crippen MR) is 58.6 cm³/mol. The largest absolute Gasteiger partial charge is 0.391 e. The number of piperidine rings is 1. The molecule has 1 aromatic rings. The third kappa shape index (κ3) is 2.36. The lowest BCUT2D eigenvalue weighted by molar-refractivity contribution is 0.154. The Bertz CT molecular complexity index is 335. The highest BCUT2D eigenvalue weighted by Gasteiger charge is 2.19. The van der Waals surface area contributed by atoms with Crippen molar-refractivity contribution in [2.45, 2.75) is 25.9 Å². The van der Waals surface area contributed by atoms with Crippen LogP contribution in [0.4, 0.5) is 11.6 Å². The van der Waals surface area contributed by atoms with Gasteiger partial charge in [0.1, 0.15) is 17.5 Å². The van der Waals surface area contributed by atoms with E-state index in [0.717, 1.165) is 25.2 Å². The number of nitrogens with zero attached hydrogens (tertiary/aromatic N) is 3. The molecule has 0 aliphatic carbocycles. The number of aliphatic hydroxyl groups excluding tert-OH is 1. The fourth-order valence-corrected chi connectivity index (χ4v) is 1.90. The molecule has 82 valence electrons. The SMILES string of the molecule is Cc1nc(N)cc(N2CCC[C@@H](O)C2)n1. The minimum absolute atomic E-state index is 0.254. The topological polar surface area (TPSA) is 75.3 Å². The van der Waals surface area contributed by atoms with Crippen LogP contribution < -0.4 is 10.6 Å². The molecule has 0 spiro atoms. The number of aromatic nitrogens is 2. The van der Waals surface area contributed by atoms with E-state index in [9.17, 15) is 5.11 Å². The van der Waals surface area contributed by atoms with E-state index in [1.165, 1.54) is 0 Å². The lowest BCUT2D eigenvalue weighted by atomic mass is 10.1. The van der Waals surface area contributed by atoms with E-state index in [0.29, 0.717) is 18.2 Å². The molecule has 0 radical (unpaired) electrons. The highest BCUT2D eigenvalue weighted by atomic mass is 16.3. The first kappa shape index (κ1) is 10.2. The Labute approximate surface area is 88.9 Å². The van der Waals surface area contributed by atoms with Crippen LogP contribution in [0.3, 0.4) is 0 Å². The molecule has 0 bridgehead atoms. The summed E-state index contributed by atoms with van der Waals surface area (Å²) in [5, 5.41) is 9.56. The van der Waals surface area contributed by atoms with E-state index in [1.54, 1.807) is 6.07 Å². The van der Waals surface area contributed by atoms with Crippen LogP contribution in [-0.4, -0.2) is 34.3 Å². The van der Waals surface area contributed by atoms with Gasteiger partial charge in [-0.05, 0) is 19.8 Å². The third-order valence-electron chi connectivity index (χ3n) is 2.56. The number of nitrogen functional groups attached to an aromatic ring is 1. The molecular weight excluding hydrogens is 192 g/mol. The summed E-state index contributed by atoms with van der Waals surface area (Å²) in [7, 11) is 0. The Hall–Kier alpha value is -1.36. The quantitative estimate of drug-likeness (QED) is 0.695. The van der Waals surface area contributed by atoms with Gasteiger partial charge in [-0.3, -0.25) is 0 Å². The highest BCUT2D eigenvalue weighted by Crippen LogP contribution is 2.19. The number of hydrogen-bond donors (Lipinski definition) is 2. The van der Waals surface area contributed by atoms with Gasteiger partial charge in [-0.2, -0.15) is 0 Å². The van der Waals surface area contributed by atoms with Gasteiger partial charge in [-0.1, -0.05) is 0 Å². The number of β-amino-alcohol motifs (C(OH)–C–C–N with tert-alkyl or cyclic N) is 1. The van der Waals surface area contributed by atoms with Gasteiger partial charge in [-0.15, -0.1) is 0 Å². The van der Waals surface area contributed by atoms with Crippen molar-refractivity contribution in [3.8, 4) is 0 Å². The monoisotopic (exact) mass is 208 g/mol. The summed E-state index contributed by atoms with van der Waals surface area (Å²) in [6, 6.07) is 1.76. The Kier molecular flexibility index (Phi) is 2.73. The Morgan fingerprint density at radius 2 is 2.33 bits per heavy atom. The molecule has 1 atom stereocenters. The van der Waals surface area contributed by atoms with Gasteiger partial charge in [0.15, 0.2) is 0 Å². The molecule has 1 aliphatic heterocycles. The lowest BCUT2D eigenvalue weighted by Crippen LogP contribution is -2.38. The Morgan fingerprint density at radius 3 is 3.00 bits per heavy atom. The molecule has 3 N–H and O–H groups in total. The normalized spacial score (nSPS) is 21.7. The maximum atomic E-state index is 9.56. The van der Waals surface area contributed by atoms with Crippen molar-refractivity contribution < 1.29 is 5.11 Å². The van der Waals surface area contributed by atoms with Gasteiger partial charge >= 0.3 is 0 Å². The van der Waals surface area contributed by atoms with Crippen LogP contribution in [0.5, 0.6) is 0 Å². The van der Waals surface area contributed by atoms with Crippen molar-refractivity contribution >= 4 is 11.6 Å². The second-order valence-electron chi connectivity index (χ2n) is 3.94. The zero-order valence-electron chi connectivity index (χ0n) is 8.85. The molecule has 0 saturated carbocycles. The van der Waals surface area contributed by atoms with Gasteiger partial charge < -0.3 is 15.7 Å². The second-order valence-corrected chi connectivity index (χ2v) is 3.94. The molecule has 2 heterocycles. The molecule has 1 aromatic heterocycles. The van der Waals surface area contributed by atoms with Crippen LogP contribution in [0.1, 0.15) is 18.7 Å². The number of hydrogen-bond acceptors (Lipinski definition) is 5. The van der Waals surface area contributed by atoms with Crippen molar-refractivity contribution in [1.29, 1.82) is 0 Å². The van der Waals surface area contributed by atoms with E-state index in [2.05, 4.69) is 14.9 Å². The molecule has 0 unspecified atom stereocenters. The van der Waals surface area contributed by atoms with Crippen molar-refractivity contribution in [3.05, 3.63) is 11.9 Å². The van der Waals surface area contributed by atoms with Gasteiger partial charge in [0, 0.05) is 19.2 Å². The molecule has 1 saturated heterocycles. The van der Waals surface area contributed by atoms with Crippen molar-refractivity contribution in [3.63, 3.8) is 0 Å². The number of rotatable bonds is 1. The predicted octanol–water partition coefficient (Wildman–Crippen LogP) is 0.328. The fourth-order valence-electron chi connectivity index (χ4n) is 1.90. The summed E-state index contributed by atoms with van der Waals surface area (Å²) >= 11 is 0. The maximum Gasteiger partial charge on any atom is 0.134 e. The molecule has 1 aliphatic rings. The van der Waals surface area contributed by atoms with E-state index in [-0.39, 0.29) is 6.10 Å². The van der Waals surface area contributed by atoms with Crippen LogP contribution in [0.15, 0.2) is 6.07 Å². The molecule has 0 aromatic carbocycles. The number of aliphatic hydroxyl groups is 1. The zero-order chi connectivity index (χ0) is 10.8. The first-order valence-corrected chi connectivity index (χ1v) is 5.19. The van der Waals surface area contributed by atoms with Gasteiger partial charge in [-0.25, -0.2) is 9.97 Å². The average Bonchev–Trinajstić information content (AvgIpc) is 2.16. The van der Waals surface area contributed by atoms with E-state index in [4.69, 9.17) is 5.73 Å². The fraction of sp³-hybridized carbons (Fsp3) is 0.600. The number of aryl methyl sites for hydroxylation is 1. The first-order chi connectivity index (χ1) is 7.15. The minimum Gasteiger partial charge on any atom is -0.391 e. The molecular formula is C10H16N4O. The summed E-state index contributed by atoms with van der Waals surface area (Å²) in [6.45, 7) is 3.38. The summed E-state index contributed by atoms with van der Waals surface area (Å²) in [5.41, 5.74) is 5.66. The van der Waals surface area contributed by atoms with E-state index < -0.39 is 0 Å². The number of anilines is 2. The average molecular weight is 208 g/mol. The standard InChI is InChI=1S/C10H16N4O/c1-7-12-9(11)5-10(13-7)14-4-2-3-8(15)6-14/h5,8,15H,2-4,6H2,1H3,(H2,11,12,13)/t8-/m1/s1.